The molecule has 29 heavy (non-hydrogen) atoms. The van der Waals surface area contributed by atoms with Gasteiger partial charge in [-0.1, -0.05) is 18.2 Å². The molecule has 0 aromatic heterocycles. The number of carbonyl (C=O) groups is 2. The van der Waals surface area contributed by atoms with Crippen molar-refractivity contribution in [2.45, 2.75) is 24.8 Å². The van der Waals surface area contributed by atoms with Crippen molar-refractivity contribution in [1.82, 2.24) is 5.32 Å². The van der Waals surface area contributed by atoms with E-state index in [1.807, 2.05) is 44.2 Å². The monoisotopic (exact) mass is 406 g/mol. The Morgan fingerprint density at radius 3 is 2.21 bits per heavy atom. The third kappa shape index (κ3) is 5.62. The van der Waals surface area contributed by atoms with Crippen molar-refractivity contribution in [3.8, 4) is 11.5 Å². The lowest BCUT2D eigenvalue weighted by molar-refractivity contribution is 0.0943. The standard InChI is InChI=1S/C23H22N2O3S/c1-15(2)24-23(27)20-14-18(28-17-6-4-3-5-7-17)10-13-21(20)25-22(26)16-8-11-19(29)12-9-16/h3-15,29H,1-2H3,(H,24,27)(H,25,26). The fourth-order valence-electron chi connectivity index (χ4n) is 2.66. The van der Waals surface area contributed by atoms with Crippen LogP contribution in [0.5, 0.6) is 11.5 Å². The lowest BCUT2D eigenvalue weighted by atomic mass is 10.1. The summed E-state index contributed by atoms with van der Waals surface area (Å²) in [5.74, 6) is 0.557. The molecule has 0 aliphatic rings. The van der Waals surface area contributed by atoms with E-state index in [2.05, 4.69) is 23.3 Å². The van der Waals surface area contributed by atoms with Gasteiger partial charge in [0.15, 0.2) is 0 Å². The second-order valence-electron chi connectivity index (χ2n) is 6.75. The van der Waals surface area contributed by atoms with Crippen LogP contribution < -0.4 is 15.4 Å². The lowest BCUT2D eigenvalue weighted by Crippen LogP contribution is -2.31. The molecule has 0 fully saturated rings. The average Bonchev–Trinajstić information content (AvgIpc) is 2.70. The molecule has 0 bridgehead atoms. The second-order valence-corrected chi connectivity index (χ2v) is 7.27. The van der Waals surface area contributed by atoms with E-state index in [0.717, 1.165) is 4.90 Å². The number of thiol groups is 1. The van der Waals surface area contributed by atoms with Gasteiger partial charge >= 0.3 is 0 Å². The molecule has 6 heteroatoms. The van der Waals surface area contributed by atoms with Crippen LogP contribution >= 0.6 is 12.6 Å². The number of hydrogen-bond acceptors (Lipinski definition) is 4. The number of anilines is 1. The average molecular weight is 407 g/mol. The van der Waals surface area contributed by atoms with Crippen LogP contribution in [0.4, 0.5) is 5.69 Å². The topological polar surface area (TPSA) is 67.4 Å². The highest BCUT2D eigenvalue weighted by Crippen LogP contribution is 2.27. The molecule has 2 N–H and O–H groups in total. The summed E-state index contributed by atoms with van der Waals surface area (Å²) in [6, 6.07) is 21.1. The Balaban J connectivity index is 1.89. The Hall–Kier alpha value is -3.25. The van der Waals surface area contributed by atoms with E-state index < -0.39 is 0 Å². The van der Waals surface area contributed by atoms with Crippen molar-refractivity contribution in [2.75, 3.05) is 5.32 Å². The first kappa shape index (κ1) is 20.5. The maximum atomic E-state index is 12.7. The fourth-order valence-corrected chi connectivity index (χ4v) is 2.80. The van der Waals surface area contributed by atoms with E-state index in [0.29, 0.717) is 28.3 Å². The van der Waals surface area contributed by atoms with Crippen molar-refractivity contribution in [3.05, 3.63) is 83.9 Å². The van der Waals surface area contributed by atoms with Crippen LogP contribution in [0, 0.1) is 0 Å². The van der Waals surface area contributed by atoms with Crippen molar-refractivity contribution in [1.29, 1.82) is 0 Å². The number of ether oxygens (including phenoxy) is 1. The van der Waals surface area contributed by atoms with Crippen LogP contribution in [-0.2, 0) is 0 Å². The summed E-state index contributed by atoms with van der Waals surface area (Å²) < 4.78 is 5.83. The predicted octanol–water partition coefficient (Wildman–Crippen LogP) is 5.16. The minimum absolute atomic E-state index is 0.0484. The van der Waals surface area contributed by atoms with Gasteiger partial charge in [0, 0.05) is 16.5 Å². The normalized spacial score (nSPS) is 10.5. The summed E-state index contributed by atoms with van der Waals surface area (Å²) in [4.78, 5) is 26.1. The maximum Gasteiger partial charge on any atom is 0.255 e. The molecule has 3 aromatic carbocycles. The Morgan fingerprint density at radius 1 is 0.862 bits per heavy atom. The Morgan fingerprint density at radius 2 is 1.55 bits per heavy atom. The largest absolute Gasteiger partial charge is 0.457 e. The van der Waals surface area contributed by atoms with Gasteiger partial charge in [-0.15, -0.1) is 12.6 Å². The molecule has 0 saturated heterocycles. The van der Waals surface area contributed by atoms with E-state index in [1.54, 1.807) is 42.5 Å². The number of carbonyl (C=O) groups excluding carboxylic acids is 2. The summed E-state index contributed by atoms with van der Waals surface area (Å²) in [5, 5.41) is 5.67. The minimum atomic E-state index is -0.311. The van der Waals surface area contributed by atoms with Gasteiger partial charge in [-0.05, 0) is 68.4 Å². The summed E-state index contributed by atoms with van der Waals surface area (Å²) in [5.41, 5.74) is 1.21. The molecular formula is C23H22N2O3S. The molecular weight excluding hydrogens is 384 g/mol. The Kier molecular flexibility index (Phi) is 6.57. The molecule has 0 heterocycles. The first-order valence-electron chi connectivity index (χ1n) is 9.20. The molecule has 3 aromatic rings. The van der Waals surface area contributed by atoms with Gasteiger partial charge in [-0.2, -0.15) is 0 Å². The zero-order chi connectivity index (χ0) is 20.8. The van der Waals surface area contributed by atoms with Crippen molar-refractivity contribution in [3.63, 3.8) is 0 Å². The third-order valence-electron chi connectivity index (χ3n) is 4.01. The molecule has 148 valence electrons. The van der Waals surface area contributed by atoms with Crippen LogP contribution in [0.15, 0.2) is 77.7 Å². The molecule has 0 atom stereocenters. The highest BCUT2D eigenvalue weighted by molar-refractivity contribution is 7.80. The quantitative estimate of drug-likeness (QED) is 0.496. The van der Waals surface area contributed by atoms with E-state index in [9.17, 15) is 9.59 Å². The molecule has 0 spiro atoms. The first-order chi connectivity index (χ1) is 13.9. The number of hydrogen-bond donors (Lipinski definition) is 3. The summed E-state index contributed by atoms with van der Waals surface area (Å²) >= 11 is 4.23. The van der Waals surface area contributed by atoms with Gasteiger partial charge in [0.2, 0.25) is 0 Å². The van der Waals surface area contributed by atoms with Crippen molar-refractivity contribution >= 4 is 30.1 Å². The fraction of sp³-hybridized carbons (Fsp3) is 0.130. The summed E-state index contributed by atoms with van der Waals surface area (Å²) in [6.45, 7) is 3.75. The first-order valence-corrected chi connectivity index (χ1v) is 9.65. The summed E-state index contributed by atoms with van der Waals surface area (Å²) in [6.07, 6.45) is 0. The lowest BCUT2D eigenvalue weighted by Gasteiger charge is -2.15. The number of amides is 2. The zero-order valence-electron chi connectivity index (χ0n) is 16.2. The Labute approximate surface area is 175 Å². The number of para-hydroxylation sites is 1. The summed E-state index contributed by atoms with van der Waals surface area (Å²) in [7, 11) is 0. The van der Waals surface area contributed by atoms with E-state index >= 15 is 0 Å². The number of rotatable bonds is 6. The third-order valence-corrected chi connectivity index (χ3v) is 4.31. The SMILES string of the molecule is CC(C)NC(=O)c1cc(Oc2ccccc2)ccc1NC(=O)c1ccc(S)cc1. The highest BCUT2D eigenvalue weighted by atomic mass is 32.1. The molecule has 0 saturated carbocycles. The molecule has 5 nitrogen and oxygen atoms in total. The highest BCUT2D eigenvalue weighted by Gasteiger charge is 2.17. The van der Waals surface area contributed by atoms with E-state index in [4.69, 9.17) is 4.74 Å². The molecule has 0 aliphatic heterocycles. The molecule has 2 amide bonds. The molecule has 0 radical (unpaired) electrons. The number of nitrogens with one attached hydrogen (secondary N) is 2. The maximum absolute atomic E-state index is 12.7. The van der Waals surface area contributed by atoms with Gasteiger partial charge in [0.1, 0.15) is 11.5 Å². The van der Waals surface area contributed by atoms with Crippen LogP contribution in [0.2, 0.25) is 0 Å². The smallest absolute Gasteiger partial charge is 0.255 e. The van der Waals surface area contributed by atoms with Crippen molar-refractivity contribution < 1.29 is 14.3 Å². The van der Waals surface area contributed by atoms with Crippen LogP contribution in [0.3, 0.4) is 0 Å². The predicted molar refractivity (Wildman–Crippen MR) is 117 cm³/mol. The van der Waals surface area contributed by atoms with E-state index in [-0.39, 0.29) is 17.9 Å². The molecule has 0 unspecified atom stereocenters. The second kappa shape index (κ2) is 9.30. The Bertz CT molecular complexity index is 1000. The number of benzene rings is 3. The minimum Gasteiger partial charge on any atom is -0.457 e. The van der Waals surface area contributed by atoms with Gasteiger partial charge in [0.25, 0.3) is 11.8 Å². The van der Waals surface area contributed by atoms with Gasteiger partial charge in [0.05, 0.1) is 11.3 Å². The van der Waals surface area contributed by atoms with Gasteiger partial charge in [-0.25, -0.2) is 0 Å². The van der Waals surface area contributed by atoms with Crippen LogP contribution in [0.1, 0.15) is 34.6 Å². The van der Waals surface area contributed by atoms with Crippen molar-refractivity contribution in [2.24, 2.45) is 0 Å². The zero-order valence-corrected chi connectivity index (χ0v) is 17.1. The van der Waals surface area contributed by atoms with Gasteiger partial charge in [-0.3, -0.25) is 9.59 Å². The molecule has 3 rings (SSSR count). The van der Waals surface area contributed by atoms with Gasteiger partial charge < -0.3 is 15.4 Å². The molecule has 0 aliphatic carbocycles. The van der Waals surface area contributed by atoms with Crippen LogP contribution in [0.25, 0.3) is 0 Å². The van der Waals surface area contributed by atoms with E-state index in [1.165, 1.54) is 0 Å². The van der Waals surface area contributed by atoms with Crippen LogP contribution in [-0.4, -0.2) is 17.9 Å².